The first-order valence-corrected chi connectivity index (χ1v) is 6.51. The van der Waals surface area contributed by atoms with Crippen molar-refractivity contribution in [3.63, 3.8) is 0 Å². The van der Waals surface area contributed by atoms with Gasteiger partial charge in [0.2, 0.25) is 5.88 Å². The summed E-state index contributed by atoms with van der Waals surface area (Å²) in [7, 11) is 0. The molecule has 2 amide bonds. The smallest absolute Gasteiger partial charge is 0.407 e. The number of amides is 2. The van der Waals surface area contributed by atoms with Crippen LogP contribution in [0.4, 0.5) is 9.18 Å². The number of ether oxygens (including phenoxy) is 1. The molecule has 0 unspecified atom stereocenters. The van der Waals surface area contributed by atoms with Crippen molar-refractivity contribution in [2.24, 2.45) is 5.73 Å². The topological polar surface area (TPSA) is 106 Å². The van der Waals surface area contributed by atoms with Gasteiger partial charge in [-0.05, 0) is 12.1 Å². The molecule has 1 aromatic rings. The predicted octanol–water partition coefficient (Wildman–Crippen LogP) is 1.30. The van der Waals surface area contributed by atoms with Gasteiger partial charge in [0.1, 0.15) is 16.8 Å². The number of carboxylic acid groups (broad SMARTS) is 1. The fourth-order valence-electron chi connectivity index (χ4n) is 2.03. The fraction of sp³-hybridized carbons (Fsp3) is 0.417. The highest BCUT2D eigenvalue weighted by Gasteiger charge is 2.34. The number of halogens is 2. The number of aromatic nitrogens is 1. The van der Waals surface area contributed by atoms with E-state index in [1.54, 1.807) is 0 Å². The van der Waals surface area contributed by atoms with Crippen LogP contribution in [-0.2, 0) is 0 Å². The largest absolute Gasteiger partial charge is 0.471 e. The second-order valence-corrected chi connectivity index (χ2v) is 4.93. The molecule has 0 saturated carbocycles. The summed E-state index contributed by atoms with van der Waals surface area (Å²) in [6.07, 6.45) is -3.49. The Morgan fingerprint density at radius 3 is 2.81 bits per heavy atom. The maximum atomic E-state index is 14.0. The van der Waals surface area contributed by atoms with Crippen LogP contribution in [0.15, 0.2) is 12.1 Å². The Labute approximate surface area is 124 Å². The molecule has 1 aliphatic rings. The quantitative estimate of drug-likeness (QED) is 0.817. The number of carbonyl (C=O) groups excluding carboxylic acids is 1. The van der Waals surface area contributed by atoms with Gasteiger partial charge < -0.3 is 20.5 Å². The lowest BCUT2D eigenvalue weighted by Crippen LogP contribution is -2.49. The van der Waals surface area contributed by atoms with Crippen molar-refractivity contribution in [3.05, 3.63) is 22.8 Å². The number of carbonyl (C=O) groups is 2. The van der Waals surface area contributed by atoms with Gasteiger partial charge in [-0.25, -0.2) is 14.2 Å². The van der Waals surface area contributed by atoms with Gasteiger partial charge >= 0.3 is 6.09 Å². The number of hydrogen-bond donors (Lipinski definition) is 2. The second-order valence-electron chi connectivity index (χ2n) is 4.54. The highest BCUT2D eigenvalue weighted by atomic mass is 35.5. The van der Waals surface area contributed by atoms with Crippen LogP contribution in [0.1, 0.15) is 16.8 Å². The Morgan fingerprint density at radius 1 is 1.52 bits per heavy atom. The van der Waals surface area contributed by atoms with Crippen LogP contribution < -0.4 is 10.5 Å². The maximum Gasteiger partial charge on any atom is 0.407 e. The Bertz CT molecular complexity index is 571. The summed E-state index contributed by atoms with van der Waals surface area (Å²) in [5, 5.41) is 8.89. The number of primary amides is 1. The number of alkyl halides is 1. The van der Waals surface area contributed by atoms with Gasteiger partial charge in [-0.15, -0.1) is 0 Å². The van der Waals surface area contributed by atoms with Gasteiger partial charge in [-0.1, -0.05) is 11.6 Å². The summed E-state index contributed by atoms with van der Waals surface area (Å²) < 4.78 is 19.3. The standard InChI is InChI=1S/C12H13ClFN3O4/c13-9-2-1-6(10(15)18)11(16-9)21-8-3-4-17(12(19)20)5-7(8)14/h1-2,7-8H,3-5H2,(H2,15,18)(H,19,20)/t7-,8+/m0/s1. The molecule has 2 rings (SSSR count). The van der Waals surface area contributed by atoms with Crippen LogP contribution in [0.25, 0.3) is 0 Å². The van der Waals surface area contributed by atoms with E-state index < -0.39 is 24.3 Å². The zero-order chi connectivity index (χ0) is 15.6. The minimum atomic E-state index is -1.53. The Balaban J connectivity index is 2.14. The van der Waals surface area contributed by atoms with Crippen molar-refractivity contribution in [1.82, 2.24) is 9.88 Å². The third-order valence-electron chi connectivity index (χ3n) is 3.11. The van der Waals surface area contributed by atoms with Crippen molar-refractivity contribution < 1.29 is 23.8 Å². The van der Waals surface area contributed by atoms with Crippen molar-refractivity contribution >= 4 is 23.6 Å². The van der Waals surface area contributed by atoms with Gasteiger partial charge in [0.25, 0.3) is 5.91 Å². The molecule has 2 atom stereocenters. The molecule has 0 spiro atoms. The molecule has 7 nitrogen and oxygen atoms in total. The van der Waals surface area contributed by atoms with Crippen LogP contribution in [0.5, 0.6) is 5.88 Å². The number of pyridine rings is 1. The fourth-order valence-corrected chi connectivity index (χ4v) is 2.17. The average molecular weight is 318 g/mol. The van der Waals surface area contributed by atoms with Crippen LogP contribution in [-0.4, -0.2) is 52.4 Å². The van der Waals surface area contributed by atoms with E-state index in [4.69, 9.17) is 27.2 Å². The molecule has 0 bridgehead atoms. The molecule has 114 valence electrons. The molecule has 0 radical (unpaired) electrons. The van der Waals surface area contributed by atoms with Gasteiger partial charge in [0.05, 0.1) is 6.54 Å². The third kappa shape index (κ3) is 3.52. The van der Waals surface area contributed by atoms with Crippen molar-refractivity contribution in [2.75, 3.05) is 13.1 Å². The van der Waals surface area contributed by atoms with Crippen LogP contribution in [0.3, 0.4) is 0 Å². The number of nitrogens with zero attached hydrogens (tertiary/aromatic N) is 2. The lowest BCUT2D eigenvalue weighted by Gasteiger charge is -2.32. The van der Waals surface area contributed by atoms with Crippen LogP contribution in [0.2, 0.25) is 5.15 Å². The molecule has 1 aromatic heterocycles. The Morgan fingerprint density at radius 2 is 2.24 bits per heavy atom. The summed E-state index contributed by atoms with van der Waals surface area (Å²) in [5.74, 6) is -0.918. The molecular weight excluding hydrogens is 305 g/mol. The van der Waals surface area contributed by atoms with E-state index in [1.165, 1.54) is 12.1 Å². The van der Waals surface area contributed by atoms with E-state index in [2.05, 4.69) is 4.98 Å². The minimum absolute atomic E-state index is 0.00716. The van der Waals surface area contributed by atoms with Gasteiger partial charge in [0.15, 0.2) is 6.17 Å². The number of rotatable bonds is 3. The first kappa shape index (κ1) is 15.3. The van der Waals surface area contributed by atoms with E-state index in [9.17, 15) is 14.0 Å². The van der Waals surface area contributed by atoms with E-state index in [0.29, 0.717) is 0 Å². The molecule has 21 heavy (non-hydrogen) atoms. The normalized spacial score (nSPS) is 21.9. The molecule has 3 N–H and O–H groups in total. The highest BCUT2D eigenvalue weighted by molar-refractivity contribution is 6.29. The summed E-state index contributed by atoms with van der Waals surface area (Å²) >= 11 is 5.72. The molecule has 0 aromatic carbocycles. The summed E-state index contributed by atoms with van der Waals surface area (Å²) in [6, 6.07) is 2.71. The van der Waals surface area contributed by atoms with Crippen LogP contribution >= 0.6 is 11.6 Å². The van der Waals surface area contributed by atoms with E-state index >= 15 is 0 Å². The molecule has 2 heterocycles. The first-order valence-electron chi connectivity index (χ1n) is 6.13. The number of hydrogen-bond acceptors (Lipinski definition) is 4. The molecule has 9 heteroatoms. The SMILES string of the molecule is NC(=O)c1ccc(Cl)nc1O[C@@H]1CCN(C(=O)O)C[C@@H]1F. The third-order valence-corrected chi connectivity index (χ3v) is 3.32. The molecule has 1 saturated heterocycles. The Hall–Kier alpha value is -2.09. The molecule has 1 fully saturated rings. The van der Waals surface area contributed by atoms with Crippen molar-refractivity contribution in [2.45, 2.75) is 18.7 Å². The summed E-state index contributed by atoms with van der Waals surface area (Å²) in [5.41, 5.74) is 5.18. The predicted molar refractivity (Wildman–Crippen MR) is 71.3 cm³/mol. The lowest BCUT2D eigenvalue weighted by molar-refractivity contribution is 0.0222. The maximum absolute atomic E-state index is 14.0. The molecule has 1 aliphatic heterocycles. The average Bonchev–Trinajstić information content (AvgIpc) is 2.40. The number of nitrogens with two attached hydrogens (primary N) is 1. The van der Waals surface area contributed by atoms with E-state index in [-0.39, 0.29) is 36.1 Å². The van der Waals surface area contributed by atoms with E-state index in [0.717, 1.165) is 4.90 Å². The lowest BCUT2D eigenvalue weighted by atomic mass is 10.1. The zero-order valence-electron chi connectivity index (χ0n) is 10.8. The number of piperidine rings is 1. The summed E-state index contributed by atoms with van der Waals surface area (Å²) in [4.78, 5) is 26.8. The highest BCUT2D eigenvalue weighted by Crippen LogP contribution is 2.24. The second kappa shape index (κ2) is 6.13. The zero-order valence-corrected chi connectivity index (χ0v) is 11.6. The minimum Gasteiger partial charge on any atom is -0.471 e. The van der Waals surface area contributed by atoms with Crippen LogP contribution in [0, 0.1) is 0 Å². The van der Waals surface area contributed by atoms with Gasteiger partial charge in [-0.2, -0.15) is 0 Å². The van der Waals surface area contributed by atoms with Gasteiger partial charge in [0, 0.05) is 13.0 Å². The van der Waals surface area contributed by atoms with Crippen molar-refractivity contribution in [3.8, 4) is 5.88 Å². The first-order chi connectivity index (χ1) is 9.88. The van der Waals surface area contributed by atoms with Crippen molar-refractivity contribution in [1.29, 1.82) is 0 Å². The molecular formula is C12H13ClFN3O4. The molecule has 0 aliphatic carbocycles. The number of likely N-dealkylation sites (tertiary alicyclic amines) is 1. The Kier molecular flexibility index (Phi) is 4.46. The monoisotopic (exact) mass is 317 g/mol. The summed E-state index contributed by atoms with van der Waals surface area (Å²) in [6.45, 7) is -0.167. The van der Waals surface area contributed by atoms with E-state index in [1.807, 2.05) is 0 Å². The van der Waals surface area contributed by atoms with Gasteiger partial charge in [-0.3, -0.25) is 4.79 Å².